The molecule has 2 rings (SSSR count). The van der Waals surface area contributed by atoms with E-state index in [-0.39, 0.29) is 5.54 Å². The van der Waals surface area contributed by atoms with E-state index in [4.69, 9.17) is 4.74 Å². The Balaban J connectivity index is 1.86. The van der Waals surface area contributed by atoms with Gasteiger partial charge in [-0.05, 0) is 51.6 Å². The van der Waals surface area contributed by atoms with Gasteiger partial charge < -0.3 is 10.1 Å². The van der Waals surface area contributed by atoms with Gasteiger partial charge in [0, 0.05) is 31.8 Å². The molecule has 0 radical (unpaired) electrons. The zero-order valence-corrected chi connectivity index (χ0v) is 14.0. The summed E-state index contributed by atoms with van der Waals surface area (Å²) in [5.74, 6) is 0.593. The second-order valence-corrected chi connectivity index (χ2v) is 8.10. The molecule has 124 valence electrons. The number of nitrogens with zero attached hydrogens (tertiary/aromatic N) is 1. The smallest absolute Gasteiger partial charge is 0.279 e. The quantitative estimate of drug-likeness (QED) is 0.756. The standard InChI is InChI=1S/C14H29N3O3S/c1-3-15-12-13-4-8-17(9-5-13)21(18,19)16-14(2)6-10-20-11-7-14/h13,15-16H,3-12H2,1-2H3. The van der Waals surface area contributed by atoms with E-state index in [0.717, 1.165) is 38.8 Å². The average molecular weight is 319 g/mol. The molecule has 2 aliphatic rings. The lowest BCUT2D eigenvalue weighted by Crippen LogP contribution is -2.55. The SMILES string of the molecule is CCNCC1CCN(S(=O)(=O)NC2(C)CCOCC2)CC1. The third-order valence-corrected chi connectivity index (χ3v) is 6.36. The maximum absolute atomic E-state index is 12.5. The monoisotopic (exact) mass is 319 g/mol. The number of rotatable bonds is 6. The molecule has 2 fully saturated rings. The van der Waals surface area contributed by atoms with E-state index in [9.17, 15) is 8.42 Å². The van der Waals surface area contributed by atoms with Gasteiger partial charge in [-0.2, -0.15) is 17.4 Å². The van der Waals surface area contributed by atoms with Crippen LogP contribution in [0.15, 0.2) is 0 Å². The van der Waals surface area contributed by atoms with Crippen molar-refractivity contribution >= 4 is 10.2 Å². The molecule has 0 aliphatic carbocycles. The Bertz CT molecular complexity index is 413. The number of nitrogens with one attached hydrogen (secondary N) is 2. The van der Waals surface area contributed by atoms with Crippen LogP contribution in [0, 0.1) is 5.92 Å². The molecule has 2 aliphatic heterocycles. The molecule has 0 spiro atoms. The molecule has 0 atom stereocenters. The van der Waals surface area contributed by atoms with Crippen molar-refractivity contribution in [3.63, 3.8) is 0 Å². The van der Waals surface area contributed by atoms with Crippen LogP contribution in [0.5, 0.6) is 0 Å². The van der Waals surface area contributed by atoms with Gasteiger partial charge >= 0.3 is 0 Å². The topological polar surface area (TPSA) is 70.7 Å². The highest BCUT2D eigenvalue weighted by molar-refractivity contribution is 7.87. The van der Waals surface area contributed by atoms with Crippen LogP contribution in [0.2, 0.25) is 0 Å². The van der Waals surface area contributed by atoms with E-state index in [1.807, 2.05) is 6.92 Å². The van der Waals surface area contributed by atoms with Crippen LogP contribution in [-0.4, -0.2) is 57.7 Å². The second-order valence-electron chi connectivity index (χ2n) is 6.43. The minimum atomic E-state index is -3.38. The molecule has 2 N–H and O–H groups in total. The van der Waals surface area contributed by atoms with Gasteiger partial charge in [0.15, 0.2) is 0 Å². The van der Waals surface area contributed by atoms with Crippen LogP contribution in [0.4, 0.5) is 0 Å². The van der Waals surface area contributed by atoms with Crippen molar-refractivity contribution in [2.45, 2.75) is 45.1 Å². The maximum atomic E-state index is 12.5. The summed E-state index contributed by atoms with van der Waals surface area (Å²) in [6, 6.07) is 0. The molecule has 6 nitrogen and oxygen atoms in total. The summed E-state index contributed by atoms with van der Waals surface area (Å²) in [4.78, 5) is 0. The van der Waals surface area contributed by atoms with Gasteiger partial charge in [0.1, 0.15) is 0 Å². The van der Waals surface area contributed by atoms with Crippen molar-refractivity contribution in [2.24, 2.45) is 5.92 Å². The van der Waals surface area contributed by atoms with Crippen molar-refractivity contribution < 1.29 is 13.2 Å². The molecule has 0 bridgehead atoms. The average Bonchev–Trinajstić information content (AvgIpc) is 2.45. The summed E-state index contributed by atoms with van der Waals surface area (Å²) < 4.78 is 34.9. The zero-order valence-electron chi connectivity index (χ0n) is 13.2. The van der Waals surface area contributed by atoms with Crippen LogP contribution in [0.25, 0.3) is 0 Å². The highest BCUT2D eigenvalue weighted by Crippen LogP contribution is 2.24. The lowest BCUT2D eigenvalue weighted by atomic mass is 9.94. The molecule has 0 unspecified atom stereocenters. The molecule has 0 amide bonds. The summed E-state index contributed by atoms with van der Waals surface area (Å²) in [5.41, 5.74) is -0.363. The largest absolute Gasteiger partial charge is 0.381 e. The van der Waals surface area contributed by atoms with Gasteiger partial charge in [0.05, 0.1) is 0 Å². The zero-order chi connectivity index (χ0) is 15.3. The Morgan fingerprint density at radius 3 is 2.43 bits per heavy atom. The number of piperidine rings is 1. The fraction of sp³-hybridized carbons (Fsp3) is 1.00. The third-order valence-electron chi connectivity index (χ3n) is 4.57. The van der Waals surface area contributed by atoms with Crippen molar-refractivity contribution in [3.05, 3.63) is 0 Å². The van der Waals surface area contributed by atoms with E-state index in [0.29, 0.717) is 32.2 Å². The van der Waals surface area contributed by atoms with Crippen molar-refractivity contribution in [1.82, 2.24) is 14.3 Å². The van der Waals surface area contributed by atoms with Crippen LogP contribution in [-0.2, 0) is 14.9 Å². The van der Waals surface area contributed by atoms with Gasteiger partial charge in [0.2, 0.25) is 0 Å². The van der Waals surface area contributed by atoms with E-state index in [1.165, 1.54) is 0 Å². The molecule has 0 saturated carbocycles. The highest BCUT2D eigenvalue weighted by atomic mass is 32.2. The predicted octanol–water partition coefficient (Wildman–Crippen LogP) is 0.711. The number of ether oxygens (including phenoxy) is 1. The Morgan fingerprint density at radius 2 is 1.86 bits per heavy atom. The van der Waals surface area contributed by atoms with E-state index in [1.54, 1.807) is 4.31 Å². The van der Waals surface area contributed by atoms with Gasteiger partial charge in [-0.1, -0.05) is 6.92 Å². The second kappa shape index (κ2) is 7.37. The predicted molar refractivity (Wildman–Crippen MR) is 83.4 cm³/mol. The van der Waals surface area contributed by atoms with Crippen molar-refractivity contribution in [3.8, 4) is 0 Å². The Labute approximate surface area is 128 Å². The summed E-state index contributed by atoms with van der Waals surface area (Å²) in [6.07, 6.45) is 3.35. The third kappa shape index (κ3) is 4.89. The van der Waals surface area contributed by atoms with E-state index in [2.05, 4.69) is 17.0 Å². The molecule has 0 aromatic carbocycles. The molecular weight excluding hydrogens is 290 g/mol. The maximum Gasteiger partial charge on any atom is 0.279 e. The molecule has 0 aromatic rings. The van der Waals surface area contributed by atoms with Crippen LogP contribution >= 0.6 is 0 Å². The molecule has 2 heterocycles. The molecular formula is C14H29N3O3S. The summed E-state index contributed by atoms with van der Waals surface area (Å²) >= 11 is 0. The minimum absolute atomic E-state index is 0.363. The Morgan fingerprint density at radius 1 is 1.24 bits per heavy atom. The van der Waals surface area contributed by atoms with Crippen LogP contribution in [0.1, 0.15) is 39.5 Å². The molecule has 7 heteroatoms. The van der Waals surface area contributed by atoms with E-state index < -0.39 is 10.2 Å². The van der Waals surface area contributed by atoms with Crippen LogP contribution in [0.3, 0.4) is 0 Å². The lowest BCUT2D eigenvalue weighted by Gasteiger charge is -2.38. The van der Waals surface area contributed by atoms with Gasteiger partial charge in [-0.3, -0.25) is 0 Å². The first-order valence-electron chi connectivity index (χ1n) is 8.03. The first-order chi connectivity index (χ1) is 9.95. The van der Waals surface area contributed by atoms with E-state index >= 15 is 0 Å². The van der Waals surface area contributed by atoms with Crippen molar-refractivity contribution in [1.29, 1.82) is 0 Å². The summed E-state index contributed by atoms with van der Waals surface area (Å²) in [6.45, 7) is 8.54. The van der Waals surface area contributed by atoms with Gasteiger partial charge in [-0.15, -0.1) is 0 Å². The summed E-state index contributed by atoms with van der Waals surface area (Å²) in [7, 11) is -3.38. The van der Waals surface area contributed by atoms with Crippen LogP contribution < -0.4 is 10.0 Å². The Hall–Kier alpha value is -0.210. The molecule has 21 heavy (non-hydrogen) atoms. The van der Waals surface area contributed by atoms with Gasteiger partial charge in [-0.25, -0.2) is 0 Å². The first kappa shape index (κ1) is 17.1. The normalized spacial score (nSPS) is 25.0. The molecule has 0 aromatic heterocycles. The Kier molecular flexibility index (Phi) is 6.02. The lowest BCUT2D eigenvalue weighted by molar-refractivity contribution is 0.0529. The highest BCUT2D eigenvalue weighted by Gasteiger charge is 2.36. The number of hydrogen-bond donors (Lipinski definition) is 2. The fourth-order valence-electron chi connectivity index (χ4n) is 3.00. The van der Waals surface area contributed by atoms with Crippen molar-refractivity contribution in [2.75, 3.05) is 39.4 Å². The summed E-state index contributed by atoms with van der Waals surface area (Å²) in [5, 5.41) is 3.35. The minimum Gasteiger partial charge on any atom is -0.381 e. The fourth-order valence-corrected chi connectivity index (χ4v) is 4.65. The molecule has 2 saturated heterocycles. The van der Waals surface area contributed by atoms with Gasteiger partial charge in [0.25, 0.3) is 10.2 Å². The number of hydrogen-bond acceptors (Lipinski definition) is 4. The first-order valence-corrected chi connectivity index (χ1v) is 9.47.